The number of nitrogens with one attached hydrogen (secondary N) is 1. The number of hydrogen-bond acceptors (Lipinski definition) is 1. The number of carbonyl (C=O) groups is 1. The van der Waals surface area contributed by atoms with Gasteiger partial charge in [0.05, 0.1) is 11.4 Å². The van der Waals surface area contributed by atoms with E-state index in [-0.39, 0.29) is 6.03 Å². The number of carbonyl (C=O) groups excluding carboxylic acids is 1. The second kappa shape index (κ2) is 13.0. The Labute approximate surface area is 164 Å². The van der Waals surface area contributed by atoms with Crippen LogP contribution in [0.5, 0.6) is 0 Å². The van der Waals surface area contributed by atoms with Crippen molar-refractivity contribution in [1.29, 1.82) is 0 Å². The van der Waals surface area contributed by atoms with Crippen molar-refractivity contribution >= 4 is 17.4 Å². The monoisotopic (exact) mass is 366 g/mol. The smallest absolute Gasteiger partial charge is 0.326 e. The fourth-order valence-electron chi connectivity index (χ4n) is 3.25. The van der Waals surface area contributed by atoms with Crippen molar-refractivity contribution in [2.45, 2.75) is 64.7 Å². The Morgan fingerprint density at radius 3 is 1.63 bits per heavy atom. The van der Waals surface area contributed by atoms with E-state index in [0.717, 1.165) is 24.3 Å². The van der Waals surface area contributed by atoms with E-state index in [1.807, 2.05) is 60.7 Å². The normalized spacial score (nSPS) is 10.6. The average molecular weight is 367 g/mol. The Bertz CT molecular complexity index is 588. The third-order valence-corrected chi connectivity index (χ3v) is 4.79. The van der Waals surface area contributed by atoms with Gasteiger partial charge < -0.3 is 5.32 Å². The van der Waals surface area contributed by atoms with Gasteiger partial charge in [-0.05, 0) is 30.7 Å². The summed E-state index contributed by atoms with van der Waals surface area (Å²) in [7, 11) is 0. The van der Waals surface area contributed by atoms with Crippen molar-refractivity contribution in [3.8, 4) is 0 Å². The summed E-state index contributed by atoms with van der Waals surface area (Å²) in [6.07, 6.45) is 11.6. The summed E-state index contributed by atoms with van der Waals surface area (Å²) >= 11 is 0. The summed E-state index contributed by atoms with van der Waals surface area (Å²) in [6.45, 7) is 2.98. The maximum Gasteiger partial charge on any atom is 0.326 e. The zero-order valence-corrected chi connectivity index (χ0v) is 16.7. The highest BCUT2D eigenvalue weighted by Gasteiger charge is 2.16. The lowest BCUT2D eigenvalue weighted by Gasteiger charge is -2.23. The van der Waals surface area contributed by atoms with Crippen LogP contribution in [0.4, 0.5) is 16.2 Å². The molecule has 0 bridgehead atoms. The molecular formula is C24H34N2O. The first-order chi connectivity index (χ1) is 13.3. The molecule has 0 aliphatic heterocycles. The molecule has 0 aliphatic rings. The van der Waals surface area contributed by atoms with Crippen LogP contribution in [0.2, 0.25) is 0 Å². The van der Waals surface area contributed by atoms with E-state index < -0.39 is 0 Å². The molecule has 2 amide bonds. The first kappa shape index (κ1) is 21.0. The van der Waals surface area contributed by atoms with Gasteiger partial charge in [-0.25, -0.2) is 4.79 Å². The van der Waals surface area contributed by atoms with Crippen molar-refractivity contribution < 1.29 is 4.79 Å². The van der Waals surface area contributed by atoms with E-state index >= 15 is 0 Å². The molecule has 2 aromatic carbocycles. The zero-order valence-electron chi connectivity index (χ0n) is 16.7. The number of hydrogen-bond donors (Lipinski definition) is 1. The molecule has 0 spiro atoms. The topological polar surface area (TPSA) is 32.3 Å². The highest BCUT2D eigenvalue weighted by atomic mass is 16.2. The minimum Gasteiger partial charge on any atom is -0.337 e. The summed E-state index contributed by atoms with van der Waals surface area (Å²) in [4.78, 5) is 14.5. The van der Waals surface area contributed by atoms with Crippen LogP contribution in [0, 0.1) is 0 Å². The van der Waals surface area contributed by atoms with Gasteiger partial charge in [-0.1, -0.05) is 94.7 Å². The molecule has 2 aromatic rings. The van der Waals surface area contributed by atoms with Crippen LogP contribution >= 0.6 is 0 Å². The molecule has 1 N–H and O–H groups in total. The van der Waals surface area contributed by atoms with Crippen LogP contribution in [-0.4, -0.2) is 12.6 Å². The van der Waals surface area contributed by atoms with Gasteiger partial charge in [-0.15, -0.1) is 0 Å². The van der Waals surface area contributed by atoms with Crippen LogP contribution in [0.15, 0.2) is 60.7 Å². The molecule has 0 aromatic heterocycles. The van der Waals surface area contributed by atoms with Gasteiger partial charge in [0.25, 0.3) is 0 Å². The Morgan fingerprint density at radius 1 is 0.704 bits per heavy atom. The SMILES string of the molecule is CCCCCCCCCCCNC(=O)N(c1ccccc1)c1ccccc1. The molecular weight excluding hydrogens is 332 g/mol. The van der Waals surface area contributed by atoms with Crippen molar-refractivity contribution in [3.05, 3.63) is 60.7 Å². The molecule has 3 nitrogen and oxygen atoms in total. The minimum atomic E-state index is -0.0630. The standard InChI is InChI=1S/C24H34N2O/c1-2-3-4-5-6-7-8-9-16-21-25-24(27)26(22-17-12-10-13-18-22)23-19-14-11-15-20-23/h10-15,17-20H,2-9,16,21H2,1H3,(H,25,27). The molecule has 2 rings (SSSR count). The van der Waals surface area contributed by atoms with Gasteiger partial charge in [-0.2, -0.15) is 0 Å². The number of nitrogens with zero attached hydrogens (tertiary/aromatic N) is 1. The van der Waals surface area contributed by atoms with Crippen molar-refractivity contribution in [3.63, 3.8) is 0 Å². The van der Waals surface area contributed by atoms with E-state index in [0.29, 0.717) is 0 Å². The van der Waals surface area contributed by atoms with Gasteiger partial charge in [0.15, 0.2) is 0 Å². The van der Waals surface area contributed by atoms with Crippen molar-refractivity contribution in [2.75, 3.05) is 11.4 Å². The van der Waals surface area contributed by atoms with Crippen LogP contribution in [0.3, 0.4) is 0 Å². The predicted molar refractivity (Wildman–Crippen MR) is 116 cm³/mol. The Balaban J connectivity index is 1.73. The van der Waals surface area contributed by atoms with Crippen molar-refractivity contribution in [1.82, 2.24) is 5.32 Å². The quantitative estimate of drug-likeness (QED) is 0.400. The summed E-state index contributed by atoms with van der Waals surface area (Å²) in [5, 5.41) is 3.09. The first-order valence-corrected chi connectivity index (χ1v) is 10.5. The molecule has 0 atom stereocenters. The van der Waals surface area contributed by atoms with Crippen LogP contribution in [-0.2, 0) is 0 Å². The molecule has 27 heavy (non-hydrogen) atoms. The molecule has 0 fully saturated rings. The number of urea groups is 1. The van der Waals surface area contributed by atoms with E-state index in [9.17, 15) is 4.79 Å². The van der Waals surface area contributed by atoms with E-state index in [1.54, 1.807) is 4.90 Å². The maximum absolute atomic E-state index is 12.8. The maximum atomic E-state index is 12.8. The molecule has 0 saturated heterocycles. The van der Waals surface area contributed by atoms with Gasteiger partial charge in [-0.3, -0.25) is 4.90 Å². The van der Waals surface area contributed by atoms with Crippen LogP contribution in [0.1, 0.15) is 64.7 Å². The number of anilines is 2. The summed E-state index contributed by atoms with van der Waals surface area (Å²) < 4.78 is 0. The first-order valence-electron chi connectivity index (χ1n) is 10.5. The third kappa shape index (κ3) is 7.86. The average Bonchev–Trinajstić information content (AvgIpc) is 2.71. The lowest BCUT2D eigenvalue weighted by atomic mass is 10.1. The van der Waals surface area contributed by atoms with Crippen molar-refractivity contribution in [2.24, 2.45) is 0 Å². The van der Waals surface area contributed by atoms with E-state index in [2.05, 4.69) is 12.2 Å². The number of benzene rings is 2. The van der Waals surface area contributed by atoms with Gasteiger partial charge >= 0.3 is 6.03 Å². The number of para-hydroxylation sites is 2. The summed E-state index contributed by atoms with van der Waals surface area (Å²) in [6, 6.07) is 19.6. The lowest BCUT2D eigenvalue weighted by molar-refractivity contribution is 0.248. The second-order valence-corrected chi connectivity index (χ2v) is 7.07. The van der Waals surface area contributed by atoms with Gasteiger partial charge in [0.2, 0.25) is 0 Å². The molecule has 0 radical (unpaired) electrons. The Morgan fingerprint density at radius 2 is 1.15 bits per heavy atom. The Hall–Kier alpha value is -2.29. The molecule has 0 aliphatic carbocycles. The summed E-state index contributed by atoms with van der Waals surface area (Å²) in [5.41, 5.74) is 1.77. The number of rotatable bonds is 12. The summed E-state index contributed by atoms with van der Waals surface area (Å²) in [5.74, 6) is 0. The molecule has 0 saturated carbocycles. The Kier molecular flexibility index (Phi) is 10.1. The lowest BCUT2D eigenvalue weighted by Crippen LogP contribution is -2.37. The molecule has 0 unspecified atom stereocenters. The van der Waals surface area contributed by atoms with Crippen LogP contribution < -0.4 is 10.2 Å². The fourth-order valence-corrected chi connectivity index (χ4v) is 3.25. The van der Waals surface area contributed by atoms with E-state index in [4.69, 9.17) is 0 Å². The number of unbranched alkanes of at least 4 members (excludes halogenated alkanes) is 8. The zero-order chi connectivity index (χ0) is 19.2. The number of amides is 2. The fraction of sp³-hybridized carbons (Fsp3) is 0.458. The predicted octanol–water partition coefficient (Wildman–Crippen LogP) is 7.07. The van der Waals surface area contributed by atoms with Gasteiger partial charge in [0.1, 0.15) is 0 Å². The minimum absolute atomic E-state index is 0.0630. The highest BCUT2D eigenvalue weighted by Crippen LogP contribution is 2.24. The molecule has 146 valence electrons. The molecule has 3 heteroatoms. The molecule has 0 heterocycles. The largest absolute Gasteiger partial charge is 0.337 e. The van der Waals surface area contributed by atoms with E-state index in [1.165, 1.54) is 51.4 Å². The van der Waals surface area contributed by atoms with Crippen LogP contribution in [0.25, 0.3) is 0 Å². The second-order valence-electron chi connectivity index (χ2n) is 7.07. The highest BCUT2D eigenvalue weighted by molar-refractivity contribution is 5.99. The van der Waals surface area contributed by atoms with Gasteiger partial charge in [0, 0.05) is 6.54 Å². The third-order valence-electron chi connectivity index (χ3n) is 4.79.